The van der Waals surface area contributed by atoms with Crippen LogP contribution in [0.3, 0.4) is 0 Å². The van der Waals surface area contributed by atoms with Gasteiger partial charge in [0.2, 0.25) is 5.91 Å². The number of aryl methyl sites for hydroxylation is 1. The number of ether oxygens (including phenoxy) is 1. The van der Waals surface area contributed by atoms with Crippen LogP contribution in [-0.4, -0.2) is 17.5 Å². The number of hydrogen-bond donors (Lipinski definition) is 1. The first-order chi connectivity index (χ1) is 10.6. The first-order valence-corrected chi connectivity index (χ1v) is 7.72. The second kappa shape index (κ2) is 7.75. The quantitative estimate of drug-likeness (QED) is 0.812. The number of halogens is 1. The number of pyridine rings is 1. The lowest BCUT2D eigenvalue weighted by Gasteiger charge is -2.05. The van der Waals surface area contributed by atoms with E-state index < -0.39 is 0 Å². The number of carbonyl (C=O) groups excluding carboxylic acids is 1. The number of nitrogens with one attached hydrogen (secondary N) is 1. The largest absolute Gasteiger partial charge is 0.494 e. The second-order valence-corrected chi connectivity index (χ2v) is 5.56. The third-order valence-corrected chi connectivity index (χ3v) is 3.34. The van der Waals surface area contributed by atoms with Crippen molar-refractivity contribution in [3.8, 4) is 5.75 Å². The van der Waals surface area contributed by atoms with Crippen molar-refractivity contribution in [1.29, 1.82) is 0 Å². The normalized spacial score (nSPS) is 10.7. The topological polar surface area (TPSA) is 51.2 Å². The molecule has 0 radical (unpaired) electrons. The molecule has 2 rings (SSSR count). The van der Waals surface area contributed by atoms with Crippen molar-refractivity contribution < 1.29 is 9.53 Å². The smallest absolute Gasteiger partial charge is 0.249 e. The molecule has 0 bridgehead atoms. The van der Waals surface area contributed by atoms with Gasteiger partial charge in [0.15, 0.2) is 0 Å². The Hall–Kier alpha value is -2.14. The summed E-state index contributed by atoms with van der Waals surface area (Å²) >= 11 is 3.34. The van der Waals surface area contributed by atoms with E-state index in [2.05, 4.69) is 26.2 Å². The van der Waals surface area contributed by atoms with Crippen LogP contribution in [0.15, 0.2) is 47.1 Å². The van der Waals surface area contributed by atoms with Gasteiger partial charge in [0, 0.05) is 16.7 Å². The molecule has 114 valence electrons. The standard InChI is InChI=1S/C17H17BrN2O2/c1-3-22-15-7-4-13(5-8-15)6-9-16(21)20-17-12(2)10-14(18)11-19-17/h4-11H,3H2,1-2H3,(H,19,20,21)/b9-6+. The van der Waals surface area contributed by atoms with Crippen LogP contribution < -0.4 is 10.1 Å². The van der Waals surface area contributed by atoms with E-state index in [0.717, 1.165) is 21.3 Å². The van der Waals surface area contributed by atoms with Gasteiger partial charge in [0.25, 0.3) is 0 Å². The third-order valence-electron chi connectivity index (χ3n) is 2.90. The third kappa shape index (κ3) is 4.70. The maximum Gasteiger partial charge on any atom is 0.249 e. The van der Waals surface area contributed by atoms with Gasteiger partial charge in [-0.3, -0.25) is 4.79 Å². The van der Waals surface area contributed by atoms with Crippen LogP contribution in [0.5, 0.6) is 5.75 Å². The first-order valence-electron chi connectivity index (χ1n) is 6.92. The fourth-order valence-electron chi connectivity index (χ4n) is 1.84. The summed E-state index contributed by atoms with van der Waals surface area (Å²) in [6.07, 6.45) is 4.89. The van der Waals surface area contributed by atoms with Gasteiger partial charge >= 0.3 is 0 Å². The molecule has 1 aromatic heterocycles. The average molecular weight is 361 g/mol. The molecule has 0 spiro atoms. The highest BCUT2D eigenvalue weighted by molar-refractivity contribution is 9.10. The Morgan fingerprint density at radius 2 is 2.09 bits per heavy atom. The summed E-state index contributed by atoms with van der Waals surface area (Å²) in [4.78, 5) is 16.1. The highest BCUT2D eigenvalue weighted by Gasteiger charge is 2.03. The van der Waals surface area contributed by atoms with Gasteiger partial charge in [-0.05, 0) is 65.2 Å². The van der Waals surface area contributed by atoms with Crippen LogP contribution in [-0.2, 0) is 4.79 Å². The Morgan fingerprint density at radius 3 is 2.73 bits per heavy atom. The van der Waals surface area contributed by atoms with E-state index in [9.17, 15) is 4.79 Å². The molecule has 1 heterocycles. The number of amides is 1. The van der Waals surface area contributed by atoms with Gasteiger partial charge in [-0.1, -0.05) is 12.1 Å². The number of carbonyl (C=O) groups is 1. The number of hydrogen-bond acceptors (Lipinski definition) is 3. The van der Waals surface area contributed by atoms with Crippen molar-refractivity contribution in [2.24, 2.45) is 0 Å². The summed E-state index contributed by atoms with van der Waals surface area (Å²) in [7, 11) is 0. The summed E-state index contributed by atoms with van der Waals surface area (Å²) in [6.45, 7) is 4.47. The van der Waals surface area contributed by atoms with Gasteiger partial charge in [0.1, 0.15) is 11.6 Å². The van der Waals surface area contributed by atoms with E-state index in [4.69, 9.17) is 4.74 Å². The molecule has 1 aromatic carbocycles. The Kier molecular flexibility index (Phi) is 5.72. The average Bonchev–Trinajstić information content (AvgIpc) is 2.50. The van der Waals surface area contributed by atoms with Crippen molar-refractivity contribution in [3.05, 3.63) is 58.2 Å². The molecule has 2 aromatic rings. The molecule has 4 nitrogen and oxygen atoms in total. The molecule has 0 fully saturated rings. The van der Waals surface area contributed by atoms with Crippen LogP contribution in [0.1, 0.15) is 18.1 Å². The Bertz CT molecular complexity index is 682. The summed E-state index contributed by atoms with van der Waals surface area (Å²) in [5, 5.41) is 2.76. The Morgan fingerprint density at radius 1 is 1.36 bits per heavy atom. The molecule has 0 aliphatic carbocycles. The molecular formula is C17H17BrN2O2. The minimum atomic E-state index is -0.216. The molecule has 0 saturated heterocycles. The maximum absolute atomic E-state index is 11.9. The second-order valence-electron chi connectivity index (χ2n) is 4.64. The molecule has 5 heteroatoms. The number of aromatic nitrogens is 1. The Balaban J connectivity index is 1.98. The van der Waals surface area contributed by atoms with Gasteiger partial charge in [-0.2, -0.15) is 0 Å². The number of anilines is 1. The van der Waals surface area contributed by atoms with Gasteiger partial charge in [-0.15, -0.1) is 0 Å². The van der Waals surface area contributed by atoms with Gasteiger partial charge < -0.3 is 10.1 Å². The summed E-state index contributed by atoms with van der Waals surface area (Å²) < 4.78 is 6.26. The van der Waals surface area contributed by atoms with Crippen LogP contribution in [0, 0.1) is 6.92 Å². The monoisotopic (exact) mass is 360 g/mol. The lowest BCUT2D eigenvalue weighted by Crippen LogP contribution is -2.10. The van der Waals surface area contributed by atoms with Crippen LogP contribution >= 0.6 is 15.9 Å². The lowest BCUT2D eigenvalue weighted by atomic mass is 10.2. The minimum absolute atomic E-state index is 0.216. The lowest BCUT2D eigenvalue weighted by molar-refractivity contribution is -0.111. The van der Waals surface area contributed by atoms with E-state index >= 15 is 0 Å². The zero-order chi connectivity index (χ0) is 15.9. The van der Waals surface area contributed by atoms with Crippen molar-refractivity contribution in [2.75, 3.05) is 11.9 Å². The summed E-state index contributed by atoms with van der Waals surface area (Å²) in [5.74, 6) is 1.16. The predicted molar refractivity (Wildman–Crippen MR) is 91.9 cm³/mol. The van der Waals surface area contributed by atoms with Crippen molar-refractivity contribution >= 4 is 33.7 Å². The molecule has 0 aliphatic rings. The van der Waals surface area contributed by atoms with Gasteiger partial charge in [-0.25, -0.2) is 4.98 Å². The van der Waals surface area contributed by atoms with E-state index in [1.807, 2.05) is 44.2 Å². The fourth-order valence-corrected chi connectivity index (χ4v) is 2.29. The fraction of sp³-hybridized carbons (Fsp3) is 0.176. The molecule has 1 N–H and O–H groups in total. The molecule has 22 heavy (non-hydrogen) atoms. The molecule has 0 saturated carbocycles. The molecule has 0 unspecified atom stereocenters. The molecule has 1 amide bonds. The van der Waals surface area contributed by atoms with E-state index in [-0.39, 0.29) is 5.91 Å². The minimum Gasteiger partial charge on any atom is -0.494 e. The van der Waals surface area contributed by atoms with E-state index in [0.29, 0.717) is 12.4 Å². The summed E-state index contributed by atoms with van der Waals surface area (Å²) in [5.41, 5.74) is 1.83. The number of rotatable bonds is 5. The number of nitrogens with zero attached hydrogens (tertiary/aromatic N) is 1. The van der Waals surface area contributed by atoms with E-state index in [1.165, 1.54) is 6.08 Å². The van der Waals surface area contributed by atoms with Crippen molar-refractivity contribution in [1.82, 2.24) is 4.98 Å². The van der Waals surface area contributed by atoms with Crippen molar-refractivity contribution in [2.45, 2.75) is 13.8 Å². The number of benzene rings is 1. The van der Waals surface area contributed by atoms with Crippen LogP contribution in [0.4, 0.5) is 5.82 Å². The van der Waals surface area contributed by atoms with Crippen LogP contribution in [0.2, 0.25) is 0 Å². The first kappa shape index (κ1) is 16.2. The molecule has 0 aliphatic heterocycles. The summed E-state index contributed by atoms with van der Waals surface area (Å²) in [6, 6.07) is 9.46. The highest BCUT2D eigenvalue weighted by Crippen LogP contribution is 2.17. The Labute approximate surface area is 138 Å². The zero-order valence-electron chi connectivity index (χ0n) is 12.5. The SMILES string of the molecule is CCOc1ccc(/C=C/C(=O)Nc2ncc(Br)cc2C)cc1. The molecule has 0 atom stereocenters. The van der Waals surface area contributed by atoms with Crippen molar-refractivity contribution in [3.63, 3.8) is 0 Å². The predicted octanol–water partition coefficient (Wildman–Crippen LogP) is 4.20. The maximum atomic E-state index is 11.9. The molecular weight excluding hydrogens is 344 g/mol. The highest BCUT2D eigenvalue weighted by atomic mass is 79.9. The zero-order valence-corrected chi connectivity index (χ0v) is 14.1. The van der Waals surface area contributed by atoms with Crippen LogP contribution in [0.25, 0.3) is 6.08 Å². The van der Waals surface area contributed by atoms with Gasteiger partial charge in [0.05, 0.1) is 6.61 Å². The van der Waals surface area contributed by atoms with E-state index in [1.54, 1.807) is 12.3 Å².